The van der Waals surface area contributed by atoms with Gasteiger partial charge in [-0.05, 0) is 60.8 Å². The van der Waals surface area contributed by atoms with E-state index in [0.717, 1.165) is 37.9 Å². The standard InChI is InChI=1S/C35H28O4/c36-34(38-20-19-32-28-13-5-1-9-24(28)21-25-10-2-6-14-29(25)32)17-18-35(37)39-23-33-30-15-7-3-11-26(30)22-27-12-4-8-16-31(27)33/h1-16,21-22H,17-20,23H2. The highest BCUT2D eigenvalue weighted by Crippen LogP contribution is 2.30. The lowest BCUT2D eigenvalue weighted by Gasteiger charge is -2.13. The molecule has 6 aromatic rings. The van der Waals surface area contributed by atoms with Crippen LogP contribution in [0, 0.1) is 0 Å². The van der Waals surface area contributed by atoms with Gasteiger partial charge in [-0.2, -0.15) is 0 Å². The van der Waals surface area contributed by atoms with Crippen LogP contribution >= 0.6 is 0 Å². The first-order chi connectivity index (χ1) is 19.2. The van der Waals surface area contributed by atoms with Crippen molar-refractivity contribution in [2.75, 3.05) is 6.61 Å². The van der Waals surface area contributed by atoms with Crippen LogP contribution in [0.2, 0.25) is 0 Å². The van der Waals surface area contributed by atoms with Crippen molar-refractivity contribution in [3.63, 3.8) is 0 Å². The van der Waals surface area contributed by atoms with Gasteiger partial charge in [0.05, 0.1) is 19.4 Å². The second-order valence-electron chi connectivity index (χ2n) is 9.73. The van der Waals surface area contributed by atoms with Crippen molar-refractivity contribution >= 4 is 55.0 Å². The van der Waals surface area contributed by atoms with Gasteiger partial charge in [0.2, 0.25) is 0 Å². The van der Waals surface area contributed by atoms with Gasteiger partial charge >= 0.3 is 11.9 Å². The van der Waals surface area contributed by atoms with E-state index < -0.39 is 11.9 Å². The molecule has 0 unspecified atom stereocenters. The molecule has 0 heterocycles. The Balaban J connectivity index is 1.06. The fraction of sp³-hybridized carbons (Fsp3) is 0.143. The summed E-state index contributed by atoms with van der Waals surface area (Å²) in [7, 11) is 0. The first kappa shape index (κ1) is 24.6. The molecular weight excluding hydrogens is 484 g/mol. The van der Waals surface area contributed by atoms with E-state index in [1.165, 1.54) is 16.3 Å². The van der Waals surface area contributed by atoms with E-state index in [4.69, 9.17) is 9.47 Å². The predicted molar refractivity (Wildman–Crippen MR) is 157 cm³/mol. The summed E-state index contributed by atoms with van der Waals surface area (Å²) in [6, 6.07) is 37.0. The van der Waals surface area contributed by atoms with Crippen LogP contribution in [-0.2, 0) is 32.1 Å². The van der Waals surface area contributed by atoms with Gasteiger partial charge in [0.25, 0.3) is 0 Å². The Kier molecular flexibility index (Phi) is 6.92. The third kappa shape index (κ3) is 5.19. The normalized spacial score (nSPS) is 11.3. The van der Waals surface area contributed by atoms with Crippen LogP contribution in [0.5, 0.6) is 0 Å². The lowest BCUT2D eigenvalue weighted by atomic mass is 9.95. The van der Waals surface area contributed by atoms with E-state index in [-0.39, 0.29) is 26.1 Å². The predicted octanol–water partition coefficient (Wildman–Crippen LogP) is 7.91. The van der Waals surface area contributed by atoms with E-state index in [0.29, 0.717) is 6.42 Å². The van der Waals surface area contributed by atoms with Crippen LogP contribution in [0.1, 0.15) is 24.0 Å². The van der Waals surface area contributed by atoms with Crippen molar-refractivity contribution in [3.8, 4) is 0 Å². The molecular formula is C35H28O4. The van der Waals surface area contributed by atoms with Crippen molar-refractivity contribution in [2.45, 2.75) is 25.9 Å². The number of hydrogen-bond acceptors (Lipinski definition) is 4. The Labute approximate surface area is 226 Å². The second kappa shape index (κ2) is 11.0. The first-order valence-corrected chi connectivity index (χ1v) is 13.3. The Bertz CT molecular complexity index is 1730. The monoisotopic (exact) mass is 512 g/mol. The zero-order chi connectivity index (χ0) is 26.6. The van der Waals surface area contributed by atoms with Crippen molar-refractivity contribution in [2.24, 2.45) is 0 Å². The molecule has 6 aromatic carbocycles. The average Bonchev–Trinajstić information content (AvgIpc) is 2.97. The SMILES string of the molecule is O=C(CCC(=O)OCc1c2ccccc2cc2ccccc12)OCCc1c2ccccc2cc2ccccc12. The molecule has 0 radical (unpaired) electrons. The molecule has 0 aliphatic rings. The number of carbonyl (C=O) groups is 2. The molecule has 0 aliphatic carbocycles. The highest BCUT2D eigenvalue weighted by atomic mass is 16.5. The van der Waals surface area contributed by atoms with E-state index in [9.17, 15) is 9.59 Å². The van der Waals surface area contributed by atoms with Gasteiger partial charge in [0, 0.05) is 12.0 Å². The molecule has 0 amide bonds. The van der Waals surface area contributed by atoms with Crippen LogP contribution in [0.3, 0.4) is 0 Å². The number of fused-ring (bicyclic) bond motifs is 4. The Morgan fingerprint density at radius 2 is 0.872 bits per heavy atom. The number of ether oxygens (including phenoxy) is 2. The number of hydrogen-bond donors (Lipinski definition) is 0. The molecule has 4 heteroatoms. The van der Waals surface area contributed by atoms with Gasteiger partial charge in [-0.15, -0.1) is 0 Å². The van der Waals surface area contributed by atoms with Crippen LogP contribution in [0.15, 0.2) is 109 Å². The fourth-order valence-electron chi connectivity index (χ4n) is 5.41. The van der Waals surface area contributed by atoms with Crippen LogP contribution in [0.4, 0.5) is 0 Å². The quantitative estimate of drug-likeness (QED) is 0.154. The highest BCUT2D eigenvalue weighted by molar-refractivity contribution is 6.03. The number of benzene rings is 6. The third-order valence-electron chi connectivity index (χ3n) is 7.29. The summed E-state index contributed by atoms with van der Waals surface area (Å²) in [5.74, 6) is -0.809. The Hall–Kier alpha value is -4.70. The smallest absolute Gasteiger partial charge is 0.306 e. The molecule has 0 fully saturated rings. The fourth-order valence-corrected chi connectivity index (χ4v) is 5.41. The molecule has 4 nitrogen and oxygen atoms in total. The molecule has 6 rings (SSSR count). The van der Waals surface area contributed by atoms with Crippen molar-refractivity contribution < 1.29 is 19.1 Å². The number of rotatable bonds is 8. The van der Waals surface area contributed by atoms with E-state index in [1.807, 2.05) is 60.7 Å². The third-order valence-corrected chi connectivity index (χ3v) is 7.29. The molecule has 39 heavy (non-hydrogen) atoms. The zero-order valence-electron chi connectivity index (χ0n) is 21.6. The van der Waals surface area contributed by atoms with E-state index in [1.54, 1.807) is 0 Å². The molecule has 0 N–H and O–H groups in total. The van der Waals surface area contributed by atoms with Gasteiger partial charge < -0.3 is 9.47 Å². The highest BCUT2D eigenvalue weighted by Gasteiger charge is 2.14. The average molecular weight is 513 g/mol. The second-order valence-corrected chi connectivity index (χ2v) is 9.73. The maximum atomic E-state index is 12.6. The van der Waals surface area contributed by atoms with E-state index >= 15 is 0 Å². The molecule has 0 bridgehead atoms. The lowest BCUT2D eigenvalue weighted by Crippen LogP contribution is -2.12. The molecule has 0 aromatic heterocycles. The summed E-state index contributed by atoms with van der Waals surface area (Å²) < 4.78 is 11.1. The van der Waals surface area contributed by atoms with Gasteiger partial charge in [0.15, 0.2) is 0 Å². The largest absolute Gasteiger partial charge is 0.465 e. The summed E-state index contributed by atoms with van der Waals surface area (Å²) in [6.07, 6.45) is 0.580. The molecule has 0 spiro atoms. The van der Waals surface area contributed by atoms with Crippen LogP contribution in [-0.4, -0.2) is 18.5 Å². The van der Waals surface area contributed by atoms with Gasteiger partial charge in [-0.3, -0.25) is 9.59 Å². The maximum Gasteiger partial charge on any atom is 0.306 e. The Morgan fingerprint density at radius 3 is 1.33 bits per heavy atom. The molecule has 0 aliphatic heterocycles. The van der Waals surface area contributed by atoms with Crippen molar-refractivity contribution in [1.29, 1.82) is 0 Å². The van der Waals surface area contributed by atoms with Gasteiger partial charge in [0.1, 0.15) is 6.61 Å². The Morgan fingerprint density at radius 1 is 0.487 bits per heavy atom. The minimum atomic E-state index is -0.413. The summed E-state index contributed by atoms with van der Waals surface area (Å²) in [5, 5.41) is 8.98. The van der Waals surface area contributed by atoms with Gasteiger partial charge in [-0.25, -0.2) is 0 Å². The molecule has 0 saturated carbocycles. The summed E-state index contributed by atoms with van der Waals surface area (Å²) in [4.78, 5) is 25.0. The maximum absolute atomic E-state index is 12.6. The number of esters is 2. The summed E-state index contributed by atoms with van der Waals surface area (Å²) >= 11 is 0. The van der Waals surface area contributed by atoms with Crippen molar-refractivity contribution in [1.82, 2.24) is 0 Å². The number of carbonyl (C=O) groups excluding carboxylic acids is 2. The topological polar surface area (TPSA) is 52.6 Å². The molecule has 192 valence electrons. The lowest BCUT2D eigenvalue weighted by molar-refractivity contribution is -0.151. The molecule has 0 saturated heterocycles. The summed E-state index contributed by atoms with van der Waals surface area (Å²) in [5.41, 5.74) is 2.14. The minimum Gasteiger partial charge on any atom is -0.465 e. The first-order valence-electron chi connectivity index (χ1n) is 13.3. The zero-order valence-corrected chi connectivity index (χ0v) is 21.6. The summed E-state index contributed by atoms with van der Waals surface area (Å²) in [6.45, 7) is 0.414. The van der Waals surface area contributed by atoms with Gasteiger partial charge in [-0.1, -0.05) is 97.1 Å². The van der Waals surface area contributed by atoms with Crippen LogP contribution < -0.4 is 0 Å². The minimum absolute atomic E-state index is 0.00853. The van der Waals surface area contributed by atoms with Crippen molar-refractivity contribution in [3.05, 3.63) is 120 Å². The van der Waals surface area contributed by atoms with E-state index in [2.05, 4.69) is 48.5 Å². The van der Waals surface area contributed by atoms with Crippen LogP contribution in [0.25, 0.3) is 43.1 Å². The molecule has 0 atom stereocenters.